The Balaban J connectivity index is 1.91. The third-order valence-corrected chi connectivity index (χ3v) is 4.40. The monoisotopic (exact) mass is 330 g/mol. The van der Waals surface area contributed by atoms with E-state index in [0.717, 1.165) is 24.4 Å². The summed E-state index contributed by atoms with van der Waals surface area (Å²) in [6, 6.07) is 1.98. The number of rotatable bonds is 5. The SMILES string of the molecule is C=CC(=O)N(C)CC(=O)N1CCC(c2ccnc(C(C)C)n2)CC1. The van der Waals surface area contributed by atoms with Crippen LogP contribution in [0.5, 0.6) is 0 Å². The molecule has 6 nitrogen and oxygen atoms in total. The van der Waals surface area contributed by atoms with Crippen molar-refractivity contribution in [2.75, 3.05) is 26.7 Å². The van der Waals surface area contributed by atoms with Crippen molar-refractivity contribution in [2.45, 2.75) is 38.5 Å². The zero-order valence-corrected chi connectivity index (χ0v) is 14.7. The summed E-state index contributed by atoms with van der Waals surface area (Å²) in [5.74, 6) is 1.29. The quantitative estimate of drug-likeness (QED) is 0.774. The molecule has 0 aliphatic carbocycles. The van der Waals surface area contributed by atoms with Crippen molar-refractivity contribution < 1.29 is 9.59 Å². The first kappa shape index (κ1) is 18.1. The van der Waals surface area contributed by atoms with Crippen LogP contribution in [0.15, 0.2) is 24.9 Å². The summed E-state index contributed by atoms with van der Waals surface area (Å²) < 4.78 is 0. The number of carbonyl (C=O) groups is 2. The van der Waals surface area contributed by atoms with Gasteiger partial charge < -0.3 is 9.80 Å². The average Bonchev–Trinajstić information content (AvgIpc) is 2.61. The minimum absolute atomic E-state index is 0.0169. The van der Waals surface area contributed by atoms with Crippen molar-refractivity contribution in [3.63, 3.8) is 0 Å². The van der Waals surface area contributed by atoms with Gasteiger partial charge in [-0.1, -0.05) is 20.4 Å². The number of carbonyl (C=O) groups excluding carboxylic acids is 2. The Morgan fingerprint density at radius 1 is 1.42 bits per heavy atom. The van der Waals surface area contributed by atoms with Crippen LogP contribution in [0.1, 0.15) is 50.0 Å². The van der Waals surface area contributed by atoms with E-state index >= 15 is 0 Å². The van der Waals surface area contributed by atoms with Crippen molar-refractivity contribution in [3.8, 4) is 0 Å². The molecule has 24 heavy (non-hydrogen) atoms. The molecule has 0 atom stereocenters. The Bertz CT molecular complexity index is 607. The van der Waals surface area contributed by atoms with Crippen molar-refractivity contribution in [3.05, 3.63) is 36.4 Å². The summed E-state index contributed by atoms with van der Waals surface area (Å²) in [6.45, 7) is 9.09. The Hall–Kier alpha value is -2.24. The molecule has 2 heterocycles. The highest BCUT2D eigenvalue weighted by molar-refractivity contribution is 5.90. The Morgan fingerprint density at radius 3 is 2.67 bits per heavy atom. The molecule has 2 rings (SSSR count). The summed E-state index contributed by atoms with van der Waals surface area (Å²) in [5, 5.41) is 0. The number of amides is 2. The Kier molecular flexibility index (Phi) is 6.06. The fourth-order valence-corrected chi connectivity index (χ4v) is 2.86. The fraction of sp³-hybridized carbons (Fsp3) is 0.556. The van der Waals surface area contributed by atoms with Crippen molar-refractivity contribution in [1.29, 1.82) is 0 Å². The maximum Gasteiger partial charge on any atom is 0.246 e. The van der Waals surface area contributed by atoms with E-state index in [2.05, 4.69) is 30.4 Å². The number of hydrogen-bond acceptors (Lipinski definition) is 4. The van der Waals surface area contributed by atoms with Crippen LogP contribution < -0.4 is 0 Å². The second-order valence-electron chi connectivity index (χ2n) is 6.55. The van der Waals surface area contributed by atoms with E-state index in [1.54, 1.807) is 7.05 Å². The lowest BCUT2D eigenvalue weighted by Gasteiger charge is -2.32. The largest absolute Gasteiger partial charge is 0.341 e. The lowest BCUT2D eigenvalue weighted by molar-refractivity contribution is -0.138. The summed E-state index contributed by atoms with van der Waals surface area (Å²) >= 11 is 0. The van der Waals surface area contributed by atoms with Crippen LogP contribution in [0.2, 0.25) is 0 Å². The molecular formula is C18H26N4O2. The normalized spacial score (nSPS) is 15.4. The molecule has 0 N–H and O–H groups in total. The summed E-state index contributed by atoms with van der Waals surface area (Å²) in [5.41, 5.74) is 1.07. The zero-order chi connectivity index (χ0) is 17.7. The van der Waals surface area contributed by atoms with Gasteiger partial charge in [0.25, 0.3) is 0 Å². The van der Waals surface area contributed by atoms with Gasteiger partial charge in [-0.3, -0.25) is 9.59 Å². The second-order valence-corrected chi connectivity index (χ2v) is 6.55. The van der Waals surface area contributed by atoms with E-state index in [1.807, 2.05) is 17.2 Å². The zero-order valence-electron chi connectivity index (χ0n) is 14.7. The van der Waals surface area contributed by atoms with E-state index in [-0.39, 0.29) is 18.4 Å². The summed E-state index contributed by atoms with van der Waals surface area (Å²) in [4.78, 5) is 36.0. The second kappa shape index (κ2) is 8.04. The molecule has 0 unspecified atom stereocenters. The highest BCUT2D eigenvalue weighted by Crippen LogP contribution is 2.27. The third-order valence-electron chi connectivity index (χ3n) is 4.40. The number of hydrogen-bond donors (Lipinski definition) is 0. The molecule has 1 aliphatic heterocycles. The molecule has 0 aromatic carbocycles. The van der Waals surface area contributed by atoms with E-state index in [0.29, 0.717) is 24.9 Å². The first-order chi connectivity index (χ1) is 11.4. The lowest BCUT2D eigenvalue weighted by Crippen LogP contribution is -2.44. The molecule has 130 valence electrons. The number of piperidine rings is 1. The van der Waals surface area contributed by atoms with Gasteiger partial charge in [0.05, 0.1) is 6.54 Å². The Labute approximate surface area is 143 Å². The van der Waals surface area contributed by atoms with Crippen molar-refractivity contribution in [2.24, 2.45) is 0 Å². The predicted molar refractivity (Wildman–Crippen MR) is 92.5 cm³/mol. The van der Waals surface area contributed by atoms with Gasteiger partial charge >= 0.3 is 0 Å². The molecule has 0 saturated carbocycles. The molecule has 2 amide bonds. The molecule has 1 aliphatic rings. The molecule has 1 aromatic heterocycles. The van der Waals surface area contributed by atoms with Crippen LogP contribution in [0.3, 0.4) is 0 Å². The smallest absolute Gasteiger partial charge is 0.246 e. The first-order valence-electron chi connectivity index (χ1n) is 8.40. The van der Waals surface area contributed by atoms with Crippen LogP contribution in [-0.4, -0.2) is 58.3 Å². The molecule has 1 aromatic rings. The van der Waals surface area contributed by atoms with E-state index in [1.165, 1.54) is 11.0 Å². The van der Waals surface area contributed by atoms with Crippen molar-refractivity contribution >= 4 is 11.8 Å². The number of likely N-dealkylation sites (tertiary alicyclic amines) is 1. The topological polar surface area (TPSA) is 66.4 Å². The van der Waals surface area contributed by atoms with Gasteiger partial charge in [0.15, 0.2) is 0 Å². The minimum Gasteiger partial charge on any atom is -0.341 e. The van der Waals surface area contributed by atoms with Gasteiger partial charge in [-0.15, -0.1) is 0 Å². The summed E-state index contributed by atoms with van der Waals surface area (Å²) in [6.07, 6.45) is 4.82. The van der Waals surface area contributed by atoms with Gasteiger partial charge in [0, 0.05) is 43.9 Å². The molecule has 1 fully saturated rings. The maximum atomic E-state index is 12.3. The van der Waals surface area contributed by atoms with Crippen LogP contribution >= 0.6 is 0 Å². The molecule has 0 spiro atoms. The van der Waals surface area contributed by atoms with E-state index < -0.39 is 0 Å². The first-order valence-corrected chi connectivity index (χ1v) is 8.40. The van der Waals surface area contributed by atoms with Crippen molar-refractivity contribution in [1.82, 2.24) is 19.8 Å². The molecule has 0 radical (unpaired) electrons. The van der Waals surface area contributed by atoms with Crippen LogP contribution in [0, 0.1) is 0 Å². The summed E-state index contributed by atoms with van der Waals surface area (Å²) in [7, 11) is 1.61. The number of aromatic nitrogens is 2. The molecular weight excluding hydrogens is 304 g/mol. The predicted octanol–water partition coefficient (Wildman–Crippen LogP) is 1.95. The van der Waals surface area contributed by atoms with Gasteiger partial charge in [-0.2, -0.15) is 0 Å². The van der Waals surface area contributed by atoms with Crippen LogP contribution in [0.25, 0.3) is 0 Å². The van der Waals surface area contributed by atoms with Gasteiger partial charge in [0.1, 0.15) is 5.82 Å². The van der Waals surface area contributed by atoms with Crippen LogP contribution in [-0.2, 0) is 9.59 Å². The Morgan fingerprint density at radius 2 is 2.08 bits per heavy atom. The number of nitrogens with zero attached hydrogens (tertiary/aromatic N) is 4. The molecule has 0 bridgehead atoms. The minimum atomic E-state index is -0.236. The van der Waals surface area contributed by atoms with E-state index in [4.69, 9.17) is 0 Å². The standard InChI is InChI=1S/C18H26N4O2/c1-5-16(23)21(4)12-17(24)22-10-7-14(8-11-22)15-6-9-19-18(20-15)13(2)3/h5-6,9,13-14H,1,7-8,10-12H2,2-4H3. The highest BCUT2D eigenvalue weighted by atomic mass is 16.2. The van der Waals surface area contributed by atoms with Gasteiger partial charge in [-0.05, 0) is 25.0 Å². The van der Waals surface area contributed by atoms with E-state index in [9.17, 15) is 9.59 Å². The fourth-order valence-electron chi connectivity index (χ4n) is 2.86. The molecule has 6 heteroatoms. The highest BCUT2D eigenvalue weighted by Gasteiger charge is 2.26. The van der Waals surface area contributed by atoms with Gasteiger partial charge in [0.2, 0.25) is 11.8 Å². The van der Waals surface area contributed by atoms with Gasteiger partial charge in [-0.25, -0.2) is 9.97 Å². The number of likely N-dealkylation sites (N-methyl/N-ethyl adjacent to an activating group) is 1. The third kappa shape index (κ3) is 4.40. The lowest BCUT2D eigenvalue weighted by atomic mass is 9.93. The average molecular weight is 330 g/mol. The maximum absolute atomic E-state index is 12.3. The van der Waals surface area contributed by atoms with Crippen LogP contribution in [0.4, 0.5) is 0 Å². The molecule has 1 saturated heterocycles.